The molecule has 1 aromatic rings. The van der Waals surface area contributed by atoms with Gasteiger partial charge in [-0.3, -0.25) is 0 Å². The van der Waals surface area contributed by atoms with Crippen LogP contribution in [0.1, 0.15) is 18.6 Å². The molecule has 0 amide bonds. The van der Waals surface area contributed by atoms with E-state index in [1.54, 1.807) is 7.11 Å². The summed E-state index contributed by atoms with van der Waals surface area (Å²) in [5.41, 5.74) is 1.17. The van der Waals surface area contributed by atoms with Gasteiger partial charge in [0.15, 0.2) is 0 Å². The van der Waals surface area contributed by atoms with Gasteiger partial charge >= 0.3 is 0 Å². The van der Waals surface area contributed by atoms with Crippen LogP contribution in [-0.2, 0) is 9.47 Å². The first-order valence-corrected chi connectivity index (χ1v) is 4.54. The van der Waals surface area contributed by atoms with Crippen molar-refractivity contribution in [2.75, 3.05) is 20.3 Å². The monoisotopic (exact) mass is 180 g/mol. The molecule has 0 spiro atoms. The number of ether oxygens (including phenoxy) is 2. The molecule has 1 aromatic carbocycles. The van der Waals surface area contributed by atoms with E-state index in [0.717, 1.165) is 6.61 Å². The van der Waals surface area contributed by atoms with Crippen LogP contribution in [0.3, 0.4) is 0 Å². The maximum atomic E-state index is 5.32. The van der Waals surface area contributed by atoms with Crippen LogP contribution in [0.5, 0.6) is 0 Å². The molecule has 0 bridgehead atoms. The summed E-state index contributed by atoms with van der Waals surface area (Å²) in [4.78, 5) is 0. The van der Waals surface area contributed by atoms with Gasteiger partial charge in [-0.2, -0.15) is 0 Å². The first-order valence-electron chi connectivity index (χ1n) is 4.54. The highest BCUT2D eigenvalue weighted by Crippen LogP contribution is 2.15. The largest absolute Gasteiger partial charge is 0.379 e. The Morgan fingerprint density at radius 3 is 2.46 bits per heavy atom. The molecule has 0 aliphatic carbocycles. The van der Waals surface area contributed by atoms with Gasteiger partial charge in [-0.1, -0.05) is 30.3 Å². The molecular formula is C11H16O2. The standard InChI is InChI=1S/C11H16O2/c1-3-13-9-11(12-2)10-7-5-4-6-8-10/h4-8,11H,3,9H2,1-2H3. The average Bonchev–Trinajstić information content (AvgIpc) is 2.21. The number of methoxy groups -OCH3 is 1. The second-order valence-electron chi connectivity index (χ2n) is 2.79. The maximum absolute atomic E-state index is 5.32. The van der Waals surface area contributed by atoms with Crippen LogP contribution >= 0.6 is 0 Å². The van der Waals surface area contributed by atoms with Crippen molar-refractivity contribution in [3.63, 3.8) is 0 Å². The van der Waals surface area contributed by atoms with E-state index in [1.807, 2.05) is 37.3 Å². The zero-order chi connectivity index (χ0) is 9.52. The molecule has 2 heteroatoms. The van der Waals surface area contributed by atoms with E-state index in [4.69, 9.17) is 9.47 Å². The zero-order valence-corrected chi connectivity index (χ0v) is 8.19. The van der Waals surface area contributed by atoms with Crippen molar-refractivity contribution < 1.29 is 9.47 Å². The molecule has 0 radical (unpaired) electrons. The maximum Gasteiger partial charge on any atom is 0.105 e. The molecule has 72 valence electrons. The zero-order valence-electron chi connectivity index (χ0n) is 8.19. The van der Waals surface area contributed by atoms with Gasteiger partial charge in [0, 0.05) is 13.7 Å². The van der Waals surface area contributed by atoms with Crippen LogP contribution in [0.15, 0.2) is 30.3 Å². The van der Waals surface area contributed by atoms with Gasteiger partial charge in [0.25, 0.3) is 0 Å². The third kappa shape index (κ3) is 3.17. The Labute approximate surface area is 79.5 Å². The van der Waals surface area contributed by atoms with Crippen molar-refractivity contribution in [3.05, 3.63) is 35.9 Å². The molecule has 0 saturated carbocycles. The second kappa shape index (κ2) is 5.73. The van der Waals surface area contributed by atoms with Gasteiger partial charge in [0.1, 0.15) is 6.10 Å². The lowest BCUT2D eigenvalue weighted by molar-refractivity contribution is 0.0116. The molecule has 0 N–H and O–H groups in total. The minimum Gasteiger partial charge on any atom is -0.379 e. The van der Waals surface area contributed by atoms with Crippen LogP contribution in [0.2, 0.25) is 0 Å². The van der Waals surface area contributed by atoms with Crippen molar-refractivity contribution in [3.8, 4) is 0 Å². The van der Waals surface area contributed by atoms with Crippen molar-refractivity contribution in [2.45, 2.75) is 13.0 Å². The molecule has 0 aliphatic rings. The second-order valence-corrected chi connectivity index (χ2v) is 2.79. The lowest BCUT2D eigenvalue weighted by Crippen LogP contribution is -2.09. The summed E-state index contributed by atoms with van der Waals surface area (Å²) in [5.74, 6) is 0. The summed E-state index contributed by atoms with van der Waals surface area (Å²) in [6.07, 6.45) is 0.0566. The van der Waals surface area contributed by atoms with Gasteiger partial charge in [0.05, 0.1) is 6.61 Å². The van der Waals surface area contributed by atoms with Crippen molar-refractivity contribution in [1.82, 2.24) is 0 Å². The third-order valence-corrected chi connectivity index (χ3v) is 1.93. The fourth-order valence-corrected chi connectivity index (χ4v) is 1.19. The van der Waals surface area contributed by atoms with E-state index in [2.05, 4.69) is 0 Å². The van der Waals surface area contributed by atoms with Crippen molar-refractivity contribution in [2.24, 2.45) is 0 Å². The summed E-state index contributed by atoms with van der Waals surface area (Å²) >= 11 is 0. The van der Waals surface area contributed by atoms with Gasteiger partial charge in [0.2, 0.25) is 0 Å². The predicted molar refractivity (Wildman–Crippen MR) is 52.7 cm³/mol. The molecule has 2 nitrogen and oxygen atoms in total. The van der Waals surface area contributed by atoms with Gasteiger partial charge in [-0.25, -0.2) is 0 Å². The van der Waals surface area contributed by atoms with Crippen LogP contribution < -0.4 is 0 Å². The molecule has 1 unspecified atom stereocenters. The minimum absolute atomic E-state index is 0.0566. The number of hydrogen-bond acceptors (Lipinski definition) is 2. The molecule has 1 atom stereocenters. The van der Waals surface area contributed by atoms with Gasteiger partial charge < -0.3 is 9.47 Å². The quantitative estimate of drug-likeness (QED) is 0.692. The fourth-order valence-electron chi connectivity index (χ4n) is 1.19. The van der Waals surface area contributed by atoms with Crippen molar-refractivity contribution in [1.29, 1.82) is 0 Å². The van der Waals surface area contributed by atoms with E-state index in [-0.39, 0.29) is 6.10 Å². The highest BCUT2D eigenvalue weighted by molar-refractivity contribution is 5.17. The first kappa shape index (κ1) is 10.2. The average molecular weight is 180 g/mol. The fraction of sp³-hybridized carbons (Fsp3) is 0.455. The van der Waals surface area contributed by atoms with Gasteiger partial charge in [-0.05, 0) is 12.5 Å². The Hall–Kier alpha value is -0.860. The molecule has 0 aliphatic heterocycles. The Morgan fingerprint density at radius 1 is 1.23 bits per heavy atom. The number of hydrogen-bond donors (Lipinski definition) is 0. The molecule has 0 saturated heterocycles. The highest BCUT2D eigenvalue weighted by Gasteiger charge is 2.08. The summed E-state index contributed by atoms with van der Waals surface area (Å²) < 4.78 is 10.6. The van der Waals surface area contributed by atoms with Gasteiger partial charge in [-0.15, -0.1) is 0 Å². The molecule has 0 aromatic heterocycles. The summed E-state index contributed by atoms with van der Waals surface area (Å²) in [7, 11) is 1.71. The van der Waals surface area contributed by atoms with E-state index < -0.39 is 0 Å². The normalized spacial score (nSPS) is 12.8. The predicted octanol–water partition coefficient (Wildman–Crippen LogP) is 2.41. The van der Waals surface area contributed by atoms with E-state index >= 15 is 0 Å². The summed E-state index contributed by atoms with van der Waals surface area (Å²) in [5, 5.41) is 0. The molecule has 1 rings (SSSR count). The van der Waals surface area contributed by atoms with E-state index in [0.29, 0.717) is 6.61 Å². The Morgan fingerprint density at radius 2 is 1.92 bits per heavy atom. The third-order valence-electron chi connectivity index (χ3n) is 1.93. The first-order chi connectivity index (χ1) is 6.38. The van der Waals surface area contributed by atoms with Crippen LogP contribution in [0.25, 0.3) is 0 Å². The van der Waals surface area contributed by atoms with Crippen LogP contribution in [0.4, 0.5) is 0 Å². The Bertz CT molecular complexity index is 221. The summed E-state index contributed by atoms with van der Waals surface area (Å²) in [6, 6.07) is 10.1. The van der Waals surface area contributed by atoms with Crippen LogP contribution in [0, 0.1) is 0 Å². The lowest BCUT2D eigenvalue weighted by atomic mass is 10.1. The molecule has 0 fully saturated rings. The molecule has 0 heterocycles. The van der Waals surface area contributed by atoms with E-state index in [9.17, 15) is 0 Å². The van der Waals surface area contributed by atoms with E-state index in [1.165, 1.54) is 5.56 Å². The molecular weight excluding hydrogens is 164 g/mol. The Kier molecular flexibility index (Phi) is 4.50. The Balaban J connectivity index is 2.56. The smallest absolute Gasteiger partial charge is 0.105 e. The summed E-state index contributed by atoms with van der Waals surface area (Å²) in [6.45, 7) is 3.33. The highest BCUT2D eigenvalue weighted by atomic mass is 16.5. The lowest BCUT2D eigenvalue weighted by Gasteiger charge is -2.14. The minimum atomic E-state index is 0.0566. The van der Waals surface area contributed by atoms with Crippen molar-refractivity contribution >= 4 is 0 Å². The SMILES string of the molecule is CCOCC(OC)c1ccccc1. The molecule has 13 heavy (non-hydrogen) atoms. The topological polar surface area (TPSA) is 18.5 Å². The number of rotatable bonds is 5. The number of benzene rings is 1. The van der Waals surface area contributed by atoms with Crippen LogP contribution in [-0.4, -0.2) is 20.3 Å².